The molecule has 1 aromatic carbocycles. The van der Waals surface area contributed by atoms with Crippen molar-refractivity contribution in [3.05, 3.63) is 41.6 Å². The van der Waals surface area contributed by atoms with E-state index in [1.54, 1.807) is 0 Å². The van der Waals surface area contributed by atoms with Gasteiger partial charge in [-0.15, -0.1) is 0 Å². The van der Waals surface area contributed by atoms with Crippen LogP contribution >= 0.6 is 0 Å². The molecule has 1 unspecified atom stereocenters. The molecule has 78 valence electrons. The van der Waals surface area contributed by atoms with Gasteiger partial charge in [0.2, 0.25) is 0 Å². The van der Waals surface area contributed by atoms with Crippen molar-refractivity contribution >= 4 is 5.70 Å². The first-order valence-corrected chi connectivity index (χ1v) is 5.65. The number of piperidine rings is 1. The Kier molecular flexibility index (Phi) is 1.94. The lowest BCUT2D eigenvalue weighted by Crippen LogP contribution is -2.29. The standard InChI is InChI=1S/C13H16N2/c14-13-9-15-7-3-4-10(8-15)11-5-1-2-6-12(11)13/h1-2,5-6,9-10H,3-4,7-8,14H2. The minimum atomic E-state index is 0.673. The van der Waals surface area contributed by atoms with Gasteiger partial charge >= 0.3 is 0 Å². The Morgan fingerprint density at radius 1 is 1.27 bits per heavy atom. The second kappa shape index (κ2) is 3.30. The third-order valence-electron chi connectivity index (χ3n) is 3.49. The molecule has 1 aromatic rings. The number of hydrogen-bond donors (Lipinski definition) is 1. The van der Waals surface area contributed by atoms with E-state index in [9.17, 15) is 0 Å². The molecule has 2 N–H and O–H groups in total. The number of benzene rings is 1. The maximum atomic E-state index is 6.12. The molecule has 2 nitrogen and oxygen atoms in total. The molecule has 1 fully saturated rings. The lowest BCUT2D eigenvalue weighted by molar-refractivity contribution is 0.283. The van der Waals surface area contributed by atoms with Crippen LogP contribution in [0, 0.1) is 0 Å². The van der Waals surface area contributed by atoms with Gasteiger partial charge in [-0.2, -0.15) is 0 Å². The Labute approximate surface area is 90.4 Å². The second-order valence-electron chi connectivity index (χ2n) is 4.51. The van der Waals surface area contributed by atoms with Crippen molar-refractivity contribution in [1.29, 1.82) is 0 Å². The average Bonchev–Trinajstić information content (AvgIpc) is 2.37. The third-order valence-corrected chi connectivity index (χ3v) is 3.49. The lowest BCUT2D eigenvalue weighted by atomic mass is 9.88. The molecule has 0 saturated carbocycles. The lowest BCUT2D eigenvalue weighted by Gasteiger charge is -2.30. The van der Waals surface area contributed by atoms with Crippen molar-refractivity contribution in [1.82, 2.24) is 4.90 Å². The molecule has 0 amide bonds. The highest BCUT2D eigenvalue weighted by Gasteiger charge is 2.25. The van der Waals surface area contributed by atoms with Crippen LogP contribution in [0.1, 0.15) is 29.9 Å². The molecule has 1 saturated heterocycles. The smallest absolute Gasteiger partial charge is 0.0552 e. The molecular weight excluding hydrogens is 184 g/mol. The van der Waals surface area contributed by atoms with Gasteiger partial charge in [-0.3, -0.25) is 0 Å². The summed E-state index contributed by atoms with van der Waals surface area (Å²) in [7, 11) is 0. The molecule has 0 aromatic heterocycles. The van der Waals surface area contributed by atoms with Gasteiger partial charge in [0.25, 0.3) is 0 Å². The van der Waals surface area contributed by atoms with Crippen molar-refractivity contribution in [3.63, 3.8) is 0 Å². The maximum Gasteiger partial charge on any atom is 0.0552 e. The highest BCUT2D eigenvalue weighted by Crippen LogP contribution is 2.34. The van der Waals surface area contributed by atoms with Crippen molar-refractivity contribution in [3.8, 4) is 0 Å². The van der Waals surface area contributed by atoms with Gasteiger partial charge < -0.3 is 10.6 Å². The van der Waals surface area contributed by atoms with Crippen LogP contribution in [0.25, 0.3) is 5.70 Å². The minimum absolute atomic E-state index is 0.673. The Hall–Kier alpha value is -1.44. The fourth-order valence-electron chi connectivity index (χ4n) is 2.76. The molecule has 2 aliphatic rings. The van der Waals surface area contributed by atoms with Crippen LogP contribution in [0.4, 0.5) is 0 Å². The molecule has 1 atom stereocenters. The van der Waals surface area contributed by atoms with Crippen LogP contribution in [0.5, 0.6) is 0 Å². The fraction of sp³-hybridized carbons (Fsp3) is 0.385. The summed E-state index contributed by atoms with van der Waals surface area (Å²) < 4.78 is 0. The number of nitrogens with two attached hydrogens (primary N) is 1. The number of fused-ring (bicyclic) bond motifs is 4. The van der Waals surface area contributed by atoms with E-state index in [0.29, 0.717) is 5.92 Å². The zero-order valence-corrected chi connectivity index (χ0v) is 8.82. The fourth-order valence-corrected chi connectivity index (χ4v) is 2.76. The van der Waals surface area contributed by atoms with E-state index in [1.807, 2.05) is 0 Å². The predicted molar refractivity (Wildman–Crippen MR) is 62.2 cm³/mol. The van der Waals surface area contributed by atoms with Gasteiger partial charge in [0.05, 0.1) is 5.70 Å². The molecule has 0 radical (unpaired) electrons. The molecule has 2 heteroatoms. The van der Waals surface area contributed by atoms with E-state index >= 15 is 0 Å². The summed E-state index contributed by atoms with van der Waals surface area (Å²) in [6, 6.07) is 8.57. The molecule has 3 rings (SSSR count). The highest BCUT2D eigenvalue weighted by atomic mass is 15.1. The van der Waals surface area contributed by atoms with Crippen LogP contribution in [0.3, 0.4) is 0 Å². The largest absolute Gasteiger partial charge is 0.397 e. The van der Waals surface area contributed by atoms with Gasteiger partial charge in [0.1, 0.15) is 0 Å². The number of rotatable bonds is 0. The zero-order valence-electron chi connectivity index (χ0n) is 8.82. The molecular formula is C13H16N2. The summed E-state index contributed by atoms with van der Waals surface area (Å²) in [6.45, 7) is 2.29. The van der Waals surface area contributed by atoms with E-state index in [0.717, 1.165) is 18.8 Å². The summed E-state index contributed by atoms with van der Waals surface area (Å²) in [5.74, 6) is 0.673. The van der Waals surface area contributed by atoms with Crippen molar-refractivity contribution in [2.24, 2.45) is 5.73 Å². The SMILES string of the molecule is NC1=CN2CCCC(C2)c2ccccc21. The molecule has 2 bridgehead atoms. The Morgan fingerprint density at radius 2 is 2.13 bits per heavy atom. The maximum absolute atomic E-state index is 6.12. The van der Waals surface area contributed by atoms with Crippen LogP contribution in [0.2, 0.25) is 0 Å². The van der Waals surface area contributed by atoms with Crippen LogP contribution in [-0.2, 0) is 0 Å². The summed E-state index contributed by atoms with van der Waals surface area (Å²) in [6.07, 6.45) is 4.70. The van der Waals surface area contributed by atoms with Crippen molar-refractivity contribution in [2.45, 2.75) is 18.8 Å². The molecule has 0 aliphatic carbocycles. The Bertz CT molecular complexity index is 409. The van der Waals surface area contributed by atoms with Crippen molar-refractivity contribution < 1.29 is 0 Å². The van der Waals surface area contributed by atoms with Gasteiger partial charge in [-0.25, -0.2) is 0 Å². The summed E-state index contributed by atoms with van der Waals surface area (Å²) in [5, 5.41) is 0. The van der Waals surface area contributed by atoms with Crippen LogP contribution in [0.15, 0.2) is 30.5 Å². The second-order valence-corrected chi connectivity index (χ2v) is 4.51. The number of hydrogen-bond acceptors (Lipinski definition) is 2. The van der Waals surface area contributed by atoms with Crippen molar-refractivity contribution in [2.75, 3.05) is 13.1 Å². The van der Waals surface area contributed by atoms with E-state index < -0.39 is 0 Å². The normalized spacial score (nSPS) is 24.1. The van der Waals surface area contributed by atoms with E-state index in [2.05, 4.69) is 35.4 Å². The van der Waals surface area contributed by atoms with Gasteiger partial charge in [0, 0.05) is 30.8 Å². The molecule has 2 aliphatic heterocycles. The third kappa shape index (κ3) is 1.41. The topological polar surface area (TPSA) is 29.3 Å². The highest BCUT2D eigenvalue weighted by molar-refractivity contribution is 5.67. The van der Waals surface area contributed by atoms with Crippen LogP contribution < -0.4 is 5.73 Å². The first kappa shape index (κ1) is 8.84. The van der Waals surface area contributed by atoms with Crippen LogP contribution in [-0.4, -0.2) is 18.0 Å². The number of nitrogens with zero attached hydrogens (tertiary/aromatic N) is 1. The molecule has 2 heterocycles. The van der Waals surface area contributed by atoms with E-state index in [-0.39, 0.29) is 0 Å². The van der Waals surface area contributed by atoms with E-state index in [4.69, 9.17) is 5.73 Å². The summed E-state index contributed by atoms with van der Waals surface area (Å²) in [5.41, 5.74) is 9.73. The monoisotopic (exact) mass is 200 g/mol. The summed E-state index contributed by atoms with van der Waals surface area (Å²) in [4.78, 5) is 2.36. The van der Waals surface area contributed by atoms with Gasteiger partial charge in [0.15, 0.2) is 0 Å². The Morgan fingerprint density at radius 3 is 3.07 bits per heavy atom. The zero-order chi connectivity index (χ0) is 10.3. The van der Waals surface area contributed by atoms with Gasteiger partial charge in [-0.1, -0.05) is 24.3 Å². The van der Waals surface area contributed by atoms with Gasteiger partial charge in [-0.05, 0) is 18.4 Å². The predicted octanol–water partition coefficient (Wildman–Crippen LogP) is 2.14. The molecule has 0 spiro atoms. The average molecular weight is 200 g/mol. The quantitative estimate of drug-likeness (QED) is 0.695. The summed E-state index contributed by atoms with van der Waals surface area (Å²) >= 11 is 0. The first-order chi connectivity index (χ1) is 7.34. The Balaban J connectivity index is 2.15. The molecule has 15 heavy (non-hydrogen) atoms. The first-order valence-electron chi connectivity index (χ1n) is 5.65. The van der Waals surface area contributed by atoms with E-state index in [1.165, 1.54) is 24.0 Å². The minimum Gasteiger partial charge on any atom is -0.397 e.